The highest BCUT2D eigenvalue weighted by molar-refractivity contribution is 5.80. The summed E-state index contributed by atoms with van der Waals surface area (Å²) in [6.07, 6.45) is 6.11. The van der Waals surface area contributed by atoms with Crippen LogP contribution in [-0.4, -0.2) is 38.2 Å². The summed E-state index contributed by atoms with van der Waals surface area (Å²) in [7, 11) is 0. The van der Waals surface area contributed by atoms with E-state index in [0.717, 1.165) is 23.7 Å². The van der Waals surface area contributed by atoms with Crippen LogP contribution in [0.3, 0.4) is 0 Å². The molecular weight excluding hydrogens is 370 g/mol. The standard InChI is InChI=1S/C23H33NO5/c1-3-27-20-8-6-16(13-21(20)28-4-2)9-10-24-22(25)15-29-23(26)14-19-12-17-5-7-18(19)11-17/h6,8,13,17-19H,3-5,7,9-12,14-15H2,1-2H3,(H,24,25)/t17-,18-,19+/m0/s1. The zero-order valence-corrected chi connectivity index (χ0v) is 17.6. The summed E-state index contributed by atoms with van der Waals surface area (Å²) in [6, 6.07) is 5.80. The highest BCUT2D eigenvalue weighted by Crippen LogP contribution is 2.49. The predicted octanol–water partition coefficient (Wildman–Crippen LogP) is 3.51. The normalized spacial score (nSPS) is 22.3. The van der Waals surface area contributed by atoms with Crippen molar-refractivity contribution >= 4 is 11.9 Å². The van der Waals surface area contributed by atoms with Gasteiger partial charge in [-0.3, -0.25) is 9.59 Å². The molecule has 0 spiro atoms. The average molecular weight is 404 g/mol. The first-order valence-electron chi connectivity index (χ1n) is 10.9. The van der Waals surface area contributed by atoms with Crippen LogP contribution in [0.1, 0.15) is 51.5 Å². The van der Waals surface area contributed by atoms with Crippen LogP contribution in [0.15, 0.2) is 18.2 Å². The Morgan fingerprint density at radius 1 is 1.07 bits per heavy atom. The SMILES string of the molecule is CCOc1ccc(CCNC(=O)COC(=O)C[C@H]2C[C@H]3CC[C@H]2C3)cc1OCC. The maximum absolute atomic E-state index is 12.0. The molecule has 0 unspecified atom stereocenters. The van der Waals surface area contributed by atoms with Crippen molar-refractivity contribution in [1.29, 1.82) is 0 Å². The third-order valence-corrected chi connectivity index (χ3v) is 6.02. The number of esters is 1. The van der Waals surface area contributed by atoms with Gasteiger partial charge in [0, 0.05) is 13.0 Å². The van der Waals surface area contributed by atoms with Gasteiger partial charge in [0.25, 0.3) is 5.91 Å². The molecule has 29 heavy (non-hydrogen) atoms. The first-order valence-corrected chi connectivity index (χ1v) is 10.9. The van der Waals surface area contributed by atoms with E-state index in [4.69, 9.17) is 14.2 Å². The number of carbonyl (C=O) groups excluding carboxylic acids is 2. The van der Waals surface area contributed by atoms with E-state index in [2.05, 4.69) is 5.32 Å². The van der Waals surface area contributed by atoms with E-state index in [0.29, 0.717) is 50.2 Å². The maximum Gasteiger partial charge on any atom is 0.306 e. The number of carbonyl (C=O) groups is 2. The summed E-state index contributed by atoms with van der Waals surface area (Å²) < 4.78 is 16.4. The Bertz CT molecular complexity index is 705. The van der Waals surface area contributed by atoms with Crippen molar-refractivity contribution in [3.63, 3.8) is 0 Å². The molecule has 6 nitrogen and oxygen atoms in total. The minimum absolute atomic E-state index is 0.201. The summed E-state index contributed by atoms with van der Waals surface area (Å²) in [5.74, 6) is 2.90. The monoisotopic (exact) mass is 403 g/mol. The molecule has 0 aromatic heterocycles. The molecule has 0 heterocycles. The Morgan fingerprint density at radius 2 is 1.86 bits per heavy atom. The number of amides is 1. The first-order chi connectivity index (χ1) is 14.1. The van der Waals surface area contributed by atoms with Gasteiger partial charge in [0.1, 0.15) is 0 Å². The summed E-state index contributed by atoms with van der Waals surface area (Å²) in [5, 5.41) is 2.81. The van der Waals surface area contributed by atoms with Crippen molar-refractivity contribution in [2.45, 2.75) is 52.4 Å². The van der Waals surface area contributed by atoms with Crippen LogP contribution < -0.4 is 14.8 Å². The Kier molecular flexibility index (Phi) is 7.78. The van der Waals surface area contributed by atoms with Crippen LogP contribution in [0.5, 0.6) is 11.5 Å². The number of hydrogen-bond donors (Lipinski definition) is 1. The van der Waals surface area contributed by atoms with Crippen LogP contribution >= 0.6 is 0 Å². The second-order valence-electron chi connectivity index (χ2n) is 8.05. The molecule has 0 saturated heterocycles. The zero-order chi connectivity index (χ0) is 20.6. The zero-order valence-electron chi connectivity index (χ0n) is 17.6. The molecule has 2 aliphatic rings. The summed E-state index contributed by atoms with van der Waals surface area (Å²) in [4.78, 5) is 24.0. The predicted molar refractivity (Wildman–Crippen MR) is 110 cm³/mol. The minimum atomic E-state index is -0.262. The Balaban J connectivity index is 1.35. The van der Waals surface area contributed by atoms with Gasteiger partial charge in [0.2, 0.25) is 0 Å². The van der Waals surface area contributed by atoms with Crippen molar-refractivity contribution in [2.24, 2.45) is 17.8 Å². The Labute approximate surface area is 173 Å². The lowest BCUT2D eigenvalue weighted by atomic mass is 9.86. The number of nitrogens with one attached hydrogen (secondary N) is 1. The summed E-state index contributed by atoms with van der Waals surface area (Å²) in [6.45, 7) is 5.28. The summed E-state index contributed by atoms with van der Waals surface area (Å²) >= 11 is 0. The van der Waals surface area contributed by atoms with Gasteiger partial charge in [-0.25, -0.2) is 0 Å². The quantitative estimate of drug-likeness (QED) is 0.573. The van der Waals surface area contributed by atoms with Crippen LogP contribution in [-0.2, 0) is 20.7 Å². The molecule has 2 aliphatic carbocycles. The van der Waals surface area contributed by atoms with Gasteiger partial charge < -0.3 is 19.5 Å². The lowest BCUT2D eigenvalue weighted by molar-refractivity contribution is -0.149. The highest BCUT2D eigenvalue weighted by Gasteiger charge is 2.40. The number of ether oxygens (including phenoxy) is 3. The number of fused-ring (bicyclic) bond motifs is 2. The fourth-order valence-electron chi connectivity index (χ4n) is 4.69. The third kappa shape index (κ3) is 6.12. The second-order valence-corrected chi connectivity index (χ2v) is 8.05. The molecule has 0 radical (unpaired) electrons. The molecule has 1 amide bonds. The van der Waals surface area contributed by atoms with Crippen LogP contribution in [0.25, 0.3) is 0 Å². The molecule has 3 rings (SSSR count). The van der Waals surface area contributed by atoms with E-state index in [1.807, 2.05) is 32.0 Å². The van der Waals surface area contributed by atoms with Crippen molar-refractivity contribution < 1.29 is 23.8 Å². The molecule has 2 bridgehead atoms. The van der Waals surface area contributed by atoms with Crippen molar-refractivity contribution in [2.75, 3.05) is 26.4 Å². The molecule has 1 N–H and O–H groups in total. The lowest BCUT2D eigenvalue weighted by Gasteiger charge is -2.20. The number of hydrogen-bond acceptors (Lipinski definition) is 5. The van der Waals surface area contributed by atoms with Crippen molar-refractivity contribution in [1.82, 2.24) is 5.32 Å². The summed E-state index contributed by atoms with van der Waals surface area (Å²) in [5.41, 5.74) is 1.05. The van der Waals surface area contributed by atoms with E-state index in [9.17, 15) is 9.59 Å². The average Bonchev–Trinajstić information content (AvgIpc) is 3.32. The van der Waals surface area contributed by atoms with Crippen LogP contribution in [0.2, 0.25) is 0 Å². The van der Waals surface area contributed by atoms with Gasteiger partial charge in [-0.1, -0.05) is 12.5 Å². The smallest absolute Gasteiger partial charge is 0.306 e. The number of rotatable bonds is 11. The van der Waals surface area contributed by atoms with Gasteiger partial charge in [-0.2, -0.15) is 0 Å². The van der Waals surface area contributed by atoms with Crippen LogP contribution in [0, 0.1) is 17.8 Å². The highest BCUT2D eigenvalue weighted by atomic mass is 16.5. The molecule has 6 heteroatoms. The Hall–Kier alpha value is -2.24. The van der Waals surface area contributed by atoms with Gasteiger partial charge >= 0.3 is 5.97 Å². The van der Waals surface area contributed by atoms with Crippen LogP contribution in [0.4, 0.5) is 0 Å². The van der Waals surface area contributed by atoms with Crippen molar-refractivity contribution in [3.05, 3.63) is 23.8 Å². The van der Waals surface area contributed by atoms with Gasteiger partial charge in [-0.05, 0) is 75.0 Å². The molecule has 2 saturated carbocycles. The fraction of sp³-hybridized carbons (Fsp3) is 0.652. The molecule has 1 aromatic rings. The van der Waals surface area contributed by atoms with Gasteiger partial charge in [0.05, 0.1) is 13.2 Å². The Morgan fingerprint density at radius 3 is 2.55 bits per heavy atom. The third-order valence-electron chi connectivity index (χ3n) is 6.02. The maximum atomic E-state index is 12.0. The van der Waals surface area contributed by atoms with E-state index < -0.39 is 0 Å². The molecule has 0 aliphatic heterocycles. The molecule has 2 fully saturated rings. The first kappa shape index (κ1) is 21.5. The fourth-order valence-corrected chi connectivity index (χ4v) is 4.69. The molecular formula is C23H33NO5. The van der Waals surface area contributed by atoms with E-state index >= 15 is 0 Å². The van der Waals surface area contributed by atoms with E-state index in [1.54, 1.807) is 0 Å². The lowest BCUT2D eigenvalue weighted by Crippen LogP contribution is -2.31. The topological polar surface area (TPSA) is 73.9 Å². The number of benzene rings is 1. The van der Waals surface area contributed by atoms with Gasteiger partial charge in [0.15, 0.2) is 18.1 Å². The molecule has 3 atom stereocenters. The largest absolute Gasteiger partial charge is 0.490 e. The van der Waals surface area contributed by atoms with Crippen molar-refractivity contribution in [3.8, 4) is 11.5 Å². The van der Waals surface area contributed by atoms with E-state index in [-0.39, 0.29) is 18.5 Å². The van der Waals surface area contributed by atoms with E-state index in [1.165, 1.54) is 19.3 Å². The second kappa shape index (κ2) is 10.5. The van der Waals surface area contributed by atoms with Gasteiger partial charge in [-0.15, -0.1) is 0 Å². The molecule has 1 aromatic carbocycles. The molecule has 160 valence electrons. The minimum Gasteiger partial charge on any atom is -0.490 e.